The van der Waals surface area contributed by atoms with Crippen LogP contribution in [-0.2, 0) is 25.2 Å². The summed E-state index contributed by atoms with van der Waals surface area (Å²) in [6.07, 6.45) is 4.25. The molecule has 0 radical (unpaired) electrons. The number of phosphoric acid groups is 1. The molecule has 188 valence electrons. The van der Waals surface area contributed by atoms with Crippen molar-refractivity contribution in [3.8, 4) is 0 Å². The van der Waals surface area contributed by atoms with Crippen LogP contribution in [-0.4, -0.2) is 42.8 Å². The Kier molecular flexibility index (Phi) is 10.6. The number of aromatic nitrogens is 2. The standard InChI is InChI=1S/C21H23ClFN4O6PS/c1-13(27(12-28)11-16-10-25-14(2)26-21(16)24)18(8-9-33-34(30,31)32)35-19(29)7-6-15-4-3-5-17(22)20(15)23/h3-7,10,12H,8-9,11H2,1-2H3,(H2,24,25,26)(H2,30,31,32)/b7-6+,18-13-. The number of allylic oxidation sites excluding steroid dienone is 1. The van der Waals surface area contributed by atoms with Crippen LogP contribution in [0.5, 0.6) is 0 Å². The summed E-state index contributed by atoms with van der Waals surface area (Å²) >= 11 is 6.44. The molecule has 2 rings (SSSR count). The maximum Gasteiger partial charge on any atom is 0.469 e. The number of nitrogens with two attached hydrogens (primary N) is 1. The molecule has 14 heteroatoms. The van der Waals surface area contributed by atoms with Gasteiger partial charge in [-0.05, 0) is 43.8 Å². The number of nitrogen functional groups attached to an aromatic ring is 1. The minimum Gasteiger partial charge on any atom is -0.383 e. The first-order chi connectivity index (χ1) is 16.4. The summed E-state index contributed by atoms with van der Waals surface area (Å²) in [5.74, 6) is -0.0514. The lowest BCUT2D eigenvalue weighted by Gasteiger charge is -2.22. The number of nitrogens with zero attached hydrogens (tertiary/aromatic N) is 3. The van der Waals surface area contributed by atoms with Gasteiger partial charge in [-0.15, -0.1) is 0 Å². The van der Waals surface area contributed by atoms with E-state index in [-0.39, 0.29) is 29.4 Å². The van der Waals surface area contributed by atoms with Gasteiger partial charge in [-0.3, -0.25) is 14.1 Å². The van der Waals surface area contributed by atoms with Crippen molar-refractivity contribution in [1.29, 1.82) is 0 Å². The molecular weight excluding hydrogens is 522 g/mol. The van der Waals surface area contributed by atoms with Gasteiger partial charge in [-0.1, -0.05) is 23.7 Å². The van der Waals surface area contributed by atoms with Crippen molar-refractivity contribution in [2.45, 2.75) is 26.8 Å². The van der Waals surface area contributed by atoms with E-state index in [2.05, 4.69) is 14.5 Å². The molecule has 10 nitrogen and oxygen atoms in total. The fourth-order valence-corrected chi connectivity index (χ4v) is 4.08. The van der Waals surface area contributed by atoms with E-state index in [1.54, 1.807) is 13.8 Å². The quantitative estimate of drug-likeness (QED) is 0.216. The minimum atomic E-state index is -4.75. The van der Waals surface area contributed by atoms with Crippen LogP contribution in [0.1, 0.15) is 30.3 Å². The smallest absolute Gasteiger partial charge is 0.383 e. The molecule has 0 unspecified atom stereocenters. The number of anilines is 1. The van der Waals surface area contributed by atoms with Crippen molar-refractivity contribution in [3.05, 3.63) is 68.9 Å². The number of rotatable bonds is 11. The molecule has 0 spiro atoms. The van der Waals surface area contributed by atoms with E-state index in [0.29, 0.717) is 40.2 Å². The second-order valence-corrected chi connectivity index (χ2v) is 9.79. The highest BCUT2D eigenvalue weighted by molar-refractivity contribution is 8.17. The number of halogens is 2. The molecule has 0 saturated carbocycles. The maximum absolute atomic E-state index is 14.1. The average molecular weight is 545 g/mol. The van der Waals surface area contributed by atoms with Crippen LogP contribution < -0.4 is 5.73 Å². The number of aryl methyl sites for hydroxylation is 1. The van der Waals surface area contributed by atoms with E-state index in [1.165, 1.54) is 35.4 Å². The van der Waals surface area contributed by atoms with E-state index < -0.39 is 25.4 Å². The molecule has 4 N–H and O–H groups in total. The minimum absolute atomic E-state index is 0.0113. The van der Waals surface area contributed by atoms with Crippen LogP contribution in [0, 0.1) is 12.7 Å². The van der Waals surface area contributed by atoms with Gasteiger partial charge in [0.15, 0.2) is 0 Å². The molecule has 0 saturated heterocycles. The molecule has 1 heterocycles. The van der Waals surface area contributed by atoms with E-state index >= 15 is 0 Å². The molecule has 1 amide bonds. The second kappa shape index (κ2) is 12.9. The normalized spacial score (nSPS) is 12.5. The number of benzene rings is 1. The van der Waals surface area contributed by atoms with Crippen LogP contribution in [0.4, 0.5) is 10.2 Å². The van der Waals surface area contributed by atoms with Gasteiger partial charge in [0, 0.05) is 34.3 Å². The predicted molar refractivity (Wildman–Crippen MR) is 131 cm³/mol. The topological polar surface area (TPSA) is 156 Å². The Morgan fingerprint density at radius 2 is 2.11 bits per heavy atom. The number of carbonyl (C=O) groups excluding carboxylic acids is 2. The van der Waals surface area contributed by atoms with Crippen LogP contribution in [0.25, 0.3) is 6.08 Å². The fraction of sp³-hybridized carbons (Fsp3) is 0.238. The summed E-state index contributed by atoms with van der Waals surface area (Å²) in [4.78, 5) is 52.0. The Hall–Kier alpha value is -2.60. The van der Waals surface area contributed by atoms with Crippen LogP contribution >= 0.6 is 31.2 Å². The van der Waals surface area contributed by atoms with Gasteiger partial charge in [0.1, 0.15) is 17.5 Å². The largest absolute Gasteiger partial charge is 0.469 e. The molecule has 0 fully saturated rings. The van der Waals surface area contributed by atoms with Crippen molar-refractivity contribution in [2.75, 3.05) is 12.3 Å². The maximum atomic E-state index is 14.1. The molecular formula is C21H23ClFN4O6PS. The zero-order valence-corrected chi connectivity index (χ0v) is 21.2. The van der Waals surface area contributed by atoms with E-state index in [4.69, 9.17) is 27.1 Å². The van der Waals surface area contributed by atoms with Crippen molar-refractivity contribution in [2.24, 2.45) is 0 Å². The summed E-state index contributed by atoms with van der Waals surface area (Å²) in [6.45, 7) is 2.77. The third-order valence-corrected chi connectivity index (χ3v) is 6.41. The van der Waals surface area contributed by atoms with Crippen LogP contribution in [0.3, 0.4) is 0 Å². The highest BCUT2D eigenvalue weighted by atomic mass is 35.5. The fourth-order valence-electron chi connectivity index (χ4n) is 2.74. The molecule has 1 aromatic heterocycles. The highest BCUT2D eigenvalue weighted by Gasteiger charge is 2.19. The first-order valence-electron chi connectivity index (χ1n) is 9.95. The summed E-state index contributed by atoms with van der Waals surface area (Å²) in [7, 11) is -4.75. The molecule has 0 bridgehead atoms. The van der Waals surface area contributed by atoms with Gasteiger partial charge < -0.3 is 20.4 Å². The number of hydrogen-bond donors (Lipinski definition) is 3. The third-order valence-electron chi connectivity index (χ3n) is 4.51. The van der Waals surface area contributed by atoms with E-state index in [9.17, 15) is 18.5 Å². The molecule has 0 aliphatic rings. The zero-order chi connectivity index (χ0) is 26.2. The first-order valence-corrected chi connectivity index (χ1v) is 12.7. The molecule has 1 aromatic carbocycles. The Morgan fingerprint density at radius 1 is 1.40 bits per heavy atom. The van der Waals surface area contributed by atoms with Crippen molar-refractivity contribution in [3.63, 3.8) is 0 Å². The molecule has 35 heavy (non-hydrogen) atoms. The van der Waals surface area contributed by atoms with Gasteiger partial charge in [-0.2, -0.15) is 0 Å². The lowest BCUT2D eigenvalue weighted by atomic mass is 10.2. The number of amides is 1. The zero-order valence-electron chi connectivity index (χ0n) is 18.7. The first kappa shape index (κ1) is 28.6. The van der Waals surface area contributed by atoms with Crippen molar-refractivity contribution < 1.29 is 32.9 Å². The van der Waals surface area contributed by atoms with Gasteiger partial charge in [0.25, 0.3) is 0 Å². The van der Waals surface area contributed by atoms with Crippen LogP contribution in [0.15, 0.2) is 41.1 Å². The predicted octanol–water partition coefficient (Wildman–Crippen LogP) is 3.82. The second-order valence-electron chi connectivity index (χ2n) is 7.04. The number of hydrogen-bond acceptors (Lipinski definition) is 8. The molecule has 0 atom stereocenters. The van der Waals surface area contributed by atoms with Gasteiger partial charge in [-0.25, -0.2) is 18.9 Å². The van der Waals surface area contributed by atoms with Crippen molar-refractivity contribution in [1.82, 2.24) is 14.9 Å². The Balaban J connectivity index is 2.29. The SMILES string of the molecule is C/C(=C(\CCOP(=O)(O)O)SC(=O)/C=C/c1cccc(Cl)c1F)N(C=O)Cc1cnc(C)nc1N. The summed E-state index contributed by atoms with van der Waals surface area (Å²) in [6, 6.07) is 4.34. The van der Waals surface area contributed by atoms with E-state index in [0.717, 1.165) is 6.08 Å². The number of carbonyl (C=O) groups is 2. The Morgan fingerprint density at radius 3 is 2.74 bits per heavy atom. The Bertz CT molecular complexity index is 1210. The molecule has 2 aromatic rings. The van der Waals surface area contributed by atoms with E-state index in [1.807, 2.05) is 0 Å². The van der Waals surface area contributed by atoms with Gasteiger partial charge in [0.05, 0.1) is 18.2 Å². The lowest BCUT2D eigenvalue weighted by molar-refractivity contribution is -0.117. The number of thioether (sulfide) groups is 1. The van der Waals surface area contributed by atoms with Crippen molar-refractivity contribution >= 4 is 54.6 Å². The summed E-state index contributed by atoms with van der Waals surface area (Å²) in [5, 5.41) is -0.627. The Labute approximate surface area is 210 Å². The summed E-state index contributed by atoms with van der Waals surface area (Å²) < 4.78 is 29.6. The monoisotopic (exact) mass is 544 g/mol. The number of phosphoric ester groups is 1. The van der Waals surface area contributed by atoms with Gasteiger partial charge in [0.2, 0.25) is 11.5 Å². The third kappa shape index (κ3) is 9.17. The highest BCUT2D eigenvalue weighted by Crippen LogP contribution is 2.37. The molecule has 0 aliphatic heterocycles. The lowest BCUT2D eigenvalue weighted by Crippen LogP contribution is -2.22. The van der Waals surface area contributed by atoms with Crippen LogP contribution in [0.2, 0.25) is 5.02 Å². The average Bonchev–Trinajstić information content (AvgIpc) is 2.77. The summed E-state index contributed by atoms with van der Waals surface area (Å²) in [5.41, 5.74) is 6.78. The van der Waals surface area contributed by atoms with Gasteiger partial charge >= 0.3 is 7.82 Å². The molecule has 0 aliphatic carbocycles.